The lowest BCUT2D eigenvalue weighted by molar-refractivity contribution is 0.0690. The summed E-state index contributed by atoms with van der Waals surface area (Å²) < 4.78 is 3.20. The summed E-state index contributed by atoms with van der Waals surface area (Å²) in [5.41, 5.74) is 2.21. The van der Waals surface area contributed by atoms with Crippen LogP contribution >= 0.6 is 0 Å². The lowest BCUT2D eigenvalue weighted by Gasteiger charge is -2.11. The van der Waals surface area contributed by atoms with E-state index in [1.165, 1.54) is 16.4 Å². The van der Waals surface area contributed by atoms with E-state index in [4.69, 9.17) is 5.11 Å². The van der Waals surface area contributed by atoms with Crippen LogP contribution in [0, 0.1) is 0 Å². The smallest absolute Gasteiger partial charge is 0.358 e. The van der Waals surface area contributed by atoms with E-state index < -0.39 is 5.97 Å². The van der Waals surface area contributed by atoms with Crippen molar-refractivity contribution < 1.29 is 9.90 Å². The van der Waals surface area contributed by atoms with Gasteiger partial charge in [-0.05, 0) is 24.8 Å². The molecule has 2 aromatic heterocycles. The summed E-state index contributed by atoms with van der Waals surface area (Å²) in [6, 6.07) is 3.49. The number of aryl methyl sites for hydroxylation is 2. The van der Waals surface area contributed by atoms with Crippen LogP contribution in [0.3, 0.4) is 0 Å². The number of hydrogen-bond acceptors (Lipinski definition) is 4. The van der Waals surface area contributed by atoms with Crippen molar-refractivity contribution in [3.8, 4) is 0 Å². The van der Waals surface area contributed by atoms with Crippen molar-refractivity contribution in [1.29, 1.82) is 0 Å². The molecule has 3 rings (SSSR count). The summed E-state index contributed by atoms with van der Waals surface area (Å²) in [6.45, 7) is 0.904. The molecule has 104 valence electrons. The molecule has 0 atom stereocenters. The second-order valence-electron chi connectivity index (χ2n) is 4.82. The molecule has 7 nitrogen and oxygen atoms in total. The highest BCUT2D eigenvalue weighted by Gasteiger charge is 2.16. The summed E-state index contributed by atoms with van der Waals surface area (Å²) in [6.07, 6.45) is 4.38. The van der Waals surface area contributed by atoms with E-state index in [0.29, 0.717) is 13.1 Å². The molecule has 2 heterocycles. The summed E-state index contributed by atoms with van der Waals surface area (Å²) in [5, 5.41) is 16.1. The van der Waals surface area contributed by atoms with E-state index in [0.717, 1.165) is 25.0 Å². The van der Waals surface area contributed by atoms with Crippen LogP contribution in [0.2, 0.25) is 0 Å². The normalized spacial score (nSPS) is 13.4. The second kappa shape index (κ2) is 4.92. The van der Waals surface area contributed by atoms with Gasteiger partial charge in [0.1, 0.15) is 0 Å². The first-order chi connectivity index (χ1) is 9.65. The zero-order chi connectivity index (χ0) is 14.1. The SMILES string of the molecule is O=C(O)c1cn(CCn2c3c(ccc2=O)CCC3)nn1. The number of nitrogens with zero attached hydrogens (tertiary/aromatic N) is 4. The maximum Gasteiger partial charge on any atom is 0.358 e. The number of pyridine rings is 1. The fourth-order valence-corrected chi connectivity index (χ4v) is 2.59. The van der Waals surface area contributed by atoms with Gasteiger partial charge >= 0.3 is 5.97 Å². The summed E-state index contributed by atoms with van der Waals surface area (Å²) >= 11 is 0. The van der Waals surface area contributed by atoms with Crippen molar-refractivity contribution in [1.82, 2.24) is 19.6 Å². The number of hydrogen-bond donors (Lipinski definition) is 1. The summed E-state index contributed by atoms with van der Waals surface area (Å²) in [7, 11) is 0. The third-order valence-electron chi connectivity index (χ3n) is 3.56. The van der Waals surface area contributed by atoms with Crippen molar-refractivity contribution in [3.05, 3.63) is 45.6 Å². The molecular formula is C13H14N4O3. The molecule has 0 fully saturated rings. The van der Waals surface area contributed by atoms with E-state index in [1.807, 2.05) is 6.07 Å². The largest absolute Gasteiger partial charge is 0.476 e. The minimum absolute atomic E-state index is 0.0239. The number of aromatic carboxylic acids is 1. The van der Waals surface area contributed by atoms with Gasteiger partial charge in [0.05, 0.1) is 12.7 Å². The zero-order valence-corrected chi connectivity index (χ0v) is 10.8. The van der Waals surface area contributed by atoms with Gasteiger partial charge in [0, 0.05) is 18.3 Å². The Morgan fingerprint density at radius 3 is 2.90 bits per heavy atom. The highest BCUT2D eigenvalue weighted by molar-refractivity contribution is 5.84. The molecule has 0 aromatic carbocycles. The maximum absolute atomic E-state index is 11.9. The molecule has 0 amide bonds. The van der Waals surface area contributed by atoms with Crippen molar-refractivity contribution in [3.63, 3.8) is 0 Å². The number of carboxylic acids is 1. The first kappa shape index (κ1) is 12.6. The lowest BCUT2D eigenvalue weighted by Crippen LogP contribution is -2.25. The fourth-order valence-electron chi connectivity index (χ4n) is 2.59. The minimum atomic E-state index is -1.10. The Bertz CT molecular complexity index is 717. The monoisotopic (exact) mass is 274 g/mol. The minimum Gasteiger partial charge on any atom is -0.476 e. The number of fused-ring (bicyclic) bond motifs is 1. The Morgan fingerprint density at radius 2 is 2.15 bits per heavy atom. The molecule has 0 radical (unpaired) electrons. The average molecular weight is 274 g/mol. The predicted octanol–water partition coefficient (Wildman–Crippen LogP) is 0.327. The highest BCUT2D eigenvalue weighted by Crippen LogP contribution is 2.19. The van der Waals surface area contributed by atoms with E-state index in [2.05, 4.69) is 10.3 Å². The van der Waals surface area contributed by atoms with Crippen molar-refractivity contribution in [2.45, 2.75) is 32.4 Å². The van der Waals surface area contributed by atoms with Crippen LogP contribution in [0.15, 0.2) is 23.1 Å². The molecule has 0 saturated heterocycles. The van der Waals surface area contributed by atoms with Gasteiger partial charge in [0.2, 0.25) is 0 Å². The van der Waals surface area contributed by atoms with Gasteiger partial charge < -0.3 is 9.67 Å². The molecular weight excluding hydrogens is 260 g/mol. The average Bonchev–Trinajstić information content (AvgIpc) is 3.05. The van der Waals surface area contributed by atoms with Gasteiger partial charge in [-0.3, -0.25) is 4.79 Å². The topological polar surface area (TPSA) is 90.0 Å². The molecule has 1 aliphatic carbocycles. The van der Waals surface area contributed by atoms with Crippen LogP contribution in [0.4, 0.5) is 0 Å². The number of rotatable bonds is 4. The van der Waals surface area contributed by atoms with Crippen molar-refractivity contribution in [2.24, 2.45) is 0 Å². The molecule has 0 saturated carbocycles. The molecule has 0 unspecified atom stereocenters. The summed E-state index contributed by atoms with van der Waals surface area (Å²) in [4.78, 5) is 22.7. The van der Waals surface area contributed by atoms with Crippen LogP contribution in [0.1, 0.15) is 28.2 Å². The third kappa shape index (κ3) is 2.22. The quantitative estimate of drug-likeness (QED) is 0.867. The Hall–Kier alpha value is -2.44. The molecule has 0 bridgehead atoms. The molecule has 0 aliphatic heterocycles. The van der Waals surface area contributed by atoms with Crippen LogP contribution in [-0.4, -0.2) is 30.6 Å². The van der Waals surface area contributed by atoms with Gasteiger partial charge in [-0.25, -0.2) is 9.48 Å². The van der Waals surface area contributed by atoms with Crippen molar-refractivity contribution in [2.75, 3.05) is 0 Å². The molecule has 0 spiro atoms. The Labute approximate surface area is 114 Å². The van der Waals surface area contributed by atoms with Crippen LogP contribution in [-0.2, 0) is 25.9 Å². The van der Waals surface area contributed by atoms with E-state index in [9.17, 15) is 9.59 Å². The molecule has 20 heavy (non-hydrogen) atoms. The number of aromatic nitrogens is 4. The van der Waals surface area contributed by atoms with Gasteiger partial charge in [0.25, 0.3) is 5.56 Å². The first-order valence-corrected chi connectivity index (χ1v) is 6.50. The summed E-state index contributed by atoms with van der Waals surface area (Å²) in [5.74, 6) is -1.10. The van der Waals surface area contributed by atoms with Gasteiger partial charge in [-0.1, -0.05) is 11.3 Å². The lowest BCUT2D eigenvalue weighted by atomic mass is 10.2. The van der Waals surface area contributed by atoms with E-state index >= 15 is 0 Å². The van der Waals surface area contributed by atoms with Gasteiger partial charge in [0.15, 0.2) is 5.69 Å². The third-order valence-corrected chi connectivity index (χ3v) is 3.56. The van der Waals surface area contributed by atoms with Gasteiger partial charge in [-0.15, -0.1) is 5.10 Å². The second-order valence-corrected chi connectivity index (χ2v) is 4.82. The predicted molar refractivity (Wildman–Crippen MR) is 69.7 cm³/mol. The van der Waals surface area contributed by atoms with Gasteiger partial charge in [-0.2, -0.15) is 0 Å². The Kier molecular flexibility index (Phi) is 3.09. The van der Waals surface area contributed by atoms with E-state index in [1.54, 1.807) is 10.6 Å². The maximum atomic E-state index is 11.9. The number of carboxylic acid groups (broad SMARTS) is 1. The standard InChI is InChI=1S/C13H14N4O3/c18-12-5-4-9-2-1-3-11(9)17(12)7-6-16-8-10(13(19)20)14-15-16/h4-5,8H,1-3,6-7H2,(H,19,20). The fraction of sp³-hybridized carbons (Fsp3) is 0.385. The number of carbonyl (C=O) groups is 1. The molecule has 7 heteroatoms. The van der Waals surface area contributed by atoms with Crippen LogP contribution in [0.25, 0.3) is 0 Å². The molecule has 1 N–H and O–H groups in total. The zero-order valence-electron chi connectivity index (χ0n) is 10.8. The highest BCUT2D eigenvalue weighted by atomic mass is 16.4. The van der Waals surface area contributed by atoms with Crippen LogP contribution < -0.4 is 5.56 Å². The van der Waals surface area contributed by atoms with Crippen LogP contribution in [0.5, 0.6) is 0 Å². The first-order valence-electron chi connectivity index (χ1n) is 6.50. The van der Waals surface area contributed by atoms with Crippen molar-refractivity contribution >= 4 is 5.97 Å². The Balaban J connectivity index is 1.80. The Morgan fingerprint density at radius 1 is 1.30 bits per heavy atom. The molecule has 1 aliphatic rings. The molecule has 2 aromatic rings. The van der Waals surface area contributed by atoms with E-state index in [-0.39, 0.29) is 11.3 Å².